The van der Waals surface area contributed by atoms with Crippen LogP contribution < -0.4 is 14.4 Å². The molecule has 30 heavy (non-hydrogen) atoms. The van der Waals surface area contributed by atoms with Gasteiger partial charge in [0.2, 0.25) is 0 Å². The maximum Gasteiger partial charge on any atom is 0.167 e. The summed E-state index contributed by atoms with van der Waals surface area (Å²) < 4.78 is 13.5. The molecule has 5 nitrogen and oxygen atoms in total. The number of benzene rings is 2. The van der Waals surface area contributed by atoms with Gasteiger partial charge in [0, 0.05) is 11.9 Å². The maximum absolute atomic E-state index is 5.81. The number of thiazole rings is 1. The second kappa shape index (κ2) is 7.59. The van der Waals surface area contributed by atoms with Gasteiger partial charge in [-0.05, 0) is 66.3 Å². The molecule has 7 heteroatoms. The van der Waals surface area contributed by atoms with Crippen LogP contribution in [0.5, 0.6) is 11.5 Å². The van der Waals surface area contributed by atoms with Crippen molar-refractivity contribution in [2.75, 3.05) is 19.1 Å². The number of anilines is 1. The molecule has 0 amide bonds. The second-order valence-corrected chi connectivity index (χ2v) is 8.50. The minimum absolute atomic E-state index is 0.125. The normalized spacial score (nSPS) is 16.7. The third-order valence-corrected chi connectivity index (χ3v) is 6.57. The standard InChI is InChI=1S/C23H19N3O2S2/c1-27-17-10-6-15(7-11-17)20-21-22(25-14-4-3-5-19(25)24-20)26(23(29)30-21)16-8-12-18(28-2)13-9-16/h3-14,20H,1-2H3. The summed E-state index contributed by atoms with van der Waals surface area (Å²) in [5.74, 6) is 3.56. The average molecular weight is 434 g/mol. The van der Waals surface area contributed by atoms with Crippen LogP contribution in [-0.4, -0.2) is 24.6 Å². The third kappa shape index (κ3) is 3.07. The molecular formula is C23H19N3O2S2. The quantitative estimate of drug-likeness (QED) is 0.497. The van der Waals surface area contributed by atoms with Crippen molar-refractivity contribution in [1.82, 2.24) is 4.57 Å². The molecule has 0 radical (unpaired) electrons. The fourth-order valence-corrected chi connectivity index (χ4v) is 5.18. The molecule has 0 fully saturated rings. The van der Waals surface area contributed by atoms with E-state index < -0.39 is 0 Å². The highest BCUT2D eigenvalue weighted by molar-refractivity contribution is 7.73. The molecule has 0 spiro atoms. The van der Waals surface area contributed by atoms with Gasteiger partial charge in [0.25, 0.3) is 0 Å². The first-order chi connectivity index (χ1) is 14.7. The number of methoxy groups -OCH3 is 2. The molecule has 2 aliphatic heterocycles. The number of fused-ring (bicyclic) bond motifs is 3. The zero-order valence-corrected chi connectivity index (χ0v) is 18.1. The van der Waals surface area contributed by atoms with E-state index in [1.54, 1.807) is 25.6 Å². The summed E-state index contributed by atoms with van der Waals surface area (Å²) >= 11 is 7.41. The van der Waals surface area contributed by atoms with E-state index in [4.69, 9.17) is 26.7 Å². The lowest BCUT2D eigenvalue weighted by Crippen LogP contribution is -2.32. The lowest BCUT2D eigenvalue weighted by atomic mass is 10.0. The van der Waals surface area contributed by atoms with Crippen LogP contribution in [0.15, 0.2) is 78.0 Å². The summed E-state index contributed by atoms with van der Waals surface area (Å²) in [5.41, 5.74) is 2.10. The summed E-state index contributed by atoms with van der Waals surface area (Å²) in [5, 5.41) is 0. The van der Waals surface area contributed by atoms with Gasteiger partial charge < -0.3 is 9.47 Å². The highest BCUT2D eigenvalue weighted by Crippen LogP contribution is 2.44. The van der Waals surface area contributed by atoms with Gasteiger partial charge in [-0.15, -0.1) is 11.3 Å². The van der Waals surface area contributed by atoms with Crippen LogP contribution in [0.4, 0.5) is 5.82 Å². The van der Waals surface area contributed by atoms with E-state index in [9.17, 15) is 0 Å². The van der Waals surface area contributed by atoms with Gasteiger partial charge in [0.15, 0.2) is 3.95 Å². The van der Waals surface area contributed by atoms with Gasteiger partial charge in [0.1, 0.15) is 29.2 Å². The summed E-state index contributed by atoms with van der Waals surface area (Å²) in [6.45, 7) is 0. The highest BCUT2D eigenvalue weighted by atomic mass is 32.1. The van der Waals surface area contributed by atoms with Gasteiger partial charge in [-0.3, -0.25) is 14.5 Å². The van der Waals surface area contributed by atoms with Crippen LogP contribution >= 0.6 is 23.6 Å². The van der Waals surface area contributed by atoms with Crippen molar-refractivity contribution in [3.8, 4) is 17.2 Å². The second-order valence-electron chi connectivity index (χ2n) is 6.82. The van der Waals surface area contributed by atoms with Crippen molar-refractivity contribution in [3.05, 3.63) is 87.4 Å². The summed E-state index contributed by atoms with van der Waals surface area (Å²) in [4.78, 5) is 8.26. The van der Waals surface area contributed by atoms with Crippen LogP contribution in [0, 0.1) is 3.95 Å². The Morgan fingerprint density at radius 1 is 0.933 bits per heavy atom. The summed E-state index contributed by atoms with van der Waals surface area (Å²) in [6, 6.07) is 15.9. The number of amidine groups is 1. The Hall–Kier alpha value is -3.16. The van der Waals surface area contributed by atoms with Crippen LogP contribution in [0.25, 0.3) is 5.69 Å². The predicted molar refractivity (Wildman–Crippen MR) is 124 cm³/mol. The van der Waals surface area contributed by atoms with Gasteiger partial charge in [-0.1, -0.05) is 18.2 Å². The molecule has 3 aromatic rings. The Balaban J connectivity index is 1.70. The van der Waals surface area contributed by atoms with Crippen molar-refractivity contribution in [2.24, 2.45) is 4.99 Å². The average Bonchev–Trinajstić information content (AvgIpc) is 3.15. The van der Waals surface area contributed by atoms with Gasteiger partial charge in [-0.2, -0.15) is 0 Å². The topological polar surface area (TPSA) is 39.0 Å². The molecule has 0 bridgehead atoms. The molecule has 5 rings (SSSR count). The molecule has 0 saturated heterocycles. The SMILES string of the molecule is COc1ccc(C2N=C3C=CC=CN3c3c2sc(=S)n3-c2ccc(OC)cc2)cc1. The third-order valence-electron chi connectivity index (χ3n) is 5.15. The number of hydrogen-bond acceptors (Lipinski definition) is 6. The zero-order chi connectivity index (χ0) is 20.7. The van der Waals surface area contributed by atoms with Gasteiger partial charge in [-0.25, -0.2) is 0 Å². The first-order valence-electron chi connectivity index (χ1n) is 9.45. The molecule has 0 N–H and O–H groups in total. The van der Waals surface area contributed by atoms with E-state index >= 15 is 0 Å². The van der Waals surface area contributed by atoms with Crippen LogP contribution in [0.1, 0.15) is 16.5 Å². The number of nitrogens with zero attached hydrogens (tertiary/aromatic N) is 3. The number of rotatable bonds is 4. The van der Waals surface area contributed by atoms with E-state index in [-0.39, 0.29) is 6.04 Å². The van der Waals surface area contributed by atoms with Crippen LogP contribution in [-0.2, 0) is 0 Å². The van der Waals surface area contributed by atoms with Crippen LogP contribution in [0.2, 0.25) is 0 Å². The fraction of sp³-hybridized carbons (Fsp3) is 0.130. The first kappa shape index (κ1) is 18.8. The number of allylic oxidation sites excluding steroid dienone is 2. The first-order valence-corrected chi connectivity index (χ1v) is 10.7. The number of hydrogen-bond donors (Lipinski definition) is 0. The monoisotopic (exact) mass is 433 g/mol. The fourth-order valence-electron chi connectivity index (χ4n) is 3.67. The molecule has 2 aliphatic rings. The smallest absolute Gasteiger partial charge is 0.167 e. The minimum Gasteiger partial charge on any atom is -0.497 e. The maximum atomic E-state index is 5.81. The van der Waals surface area contributed by atoms with E-state index in [1.807, 2.05) is 60.8 Å². The number of ether oxygens (including phenoxy) is 2. The van der Waals surface area contributed by atoms with E-state index in [0.29, 0.717) is 0 Å². The zero-order valence-electron chi connectivity index (χ0n) is 16.5. The number of aliphatic imine (C=N–C) groups is 1. The Morgan fingerprint density at radius 3 is 2.27 bits per heavy atom. The molecule has 150 valence electrons. The molecule has 1 aromatic heterocycles. The molecule has 0 saturated carbocycles. The predicted octanol–water partition coefficient (Wildman–Crippen LogP) is 5.68. The van der Waals surface area contributed by atoms with Crippen LogP contribution in [0.3, 0.4) is 0 Å². The number of aromatic nitrogens is 1. The van der Waals surface area contributed by atoms with E-state index in [1.165, 1.54) is 0 Å². The molecule has 2 aromatic carbocycles. The molecular weight excluding hydrogens is 414 g/mol. The van der Waals surface area contributed by atoms with E-state index in [0.717, 1.165) is 43.2 Å². The van der Waals surface area contributed by atoms with Crippen molar-refractivity contribution in [2.45, 2.75) is 6.04 Å². The van der Waals surface area contributed by atoms with Crippen molar-refractivity contribution in [3.63, 3.8) is 0 Å². The lowest BCUT2D eigenvalue weighted by Gasteiger charge is -2.31. The van der Waals surface area contributed by atoms with Crippen molar-refractivity contribution >= 4 is 35.2 Å². The Bertz CT molecular complexity index is 1230. The Kier molecular flexibility index (Phi) is 4.77. The van der Waals surface area contributed by atoms with Gasteiger partial charge >= 0.3 is 0 Å². The van der Waals surface area contributed by atoms with E-state index in [2.05, 4.69) is 21.6 Å². The molecule has 3 heterocycles. The molecule has 1 unspecified atom stereocenters. The minimum atomic E-state index is -0.125. The highest BCUT2D eigenvalue weighted by Gasteiger charge is 2.32. The lowest BCUT2D eigenvalue weighted by molar-refractivity contribution is 0.414. The molecule has 0 aliphatic carbocycles. The van der Waals surface area contributed by atoms with Gasteiger partial charge in [0.05, 0.1) is 19.1 Å². The summed E-state index contributed by atoms with van der Waals surface area (Å²) in [7, 11) is 3.34. The largest absolute Gasteiger partial charge is 0.497 e. The van der Waals surface area contributed by atoms with Crippen molar-refractivity contribution in [1.29, 1.82) is 0 Å². The summed E-state index contributed by atoms with van der Waals surface area (Å²) in [6.07, 6.45) is 8.07. The Labute approximate surface area is 183 Å². The Morgan fingerprint density at radius 2 is 1.60 bits per heavy atom. The molecule has 1 atom stereocenters. The van der Waals surface area contributed by atoms with Crippen molar-refractivity contribution < 1.29 is 9.47 Å².